The number of rotatable bonds is 11. The molecule has 13 heteroatoms. The summed E-state index contributed by atoms with van der Waals surface area (Å²) in [4.78, 5) is 33.8. The lowest BCUT2D eigenvalue weighted by Gasteiger charge is -2.24. The molecule has 1 aromatic rings. The van der Waals surface area contributed by atoms with E-state index in [-0.39, 0.29) is 37.1 Å². The summed E-state index contributed by atoms with van der Waals surface area (Å²) in [5, 5.41) is 20.2. The highest BCUT2D eigenvalue weighted by molar-refractivity contribution is 5.71. The Bertz CT molecular complexity index is 871. The van der Waals surface area contributed by atoms with Crippen LogP contribution < -0.4 is 17.2 Å². The number of aromatic amines is 1. The smallest absolute Gasteiger partial charge is 0.319 e. The zero-order chi connectivity index (χ0) is 36.2. The highest BCUT2D eigenvalue weighted by atomic mass is 16.6. The number of nitrogens with zero attached hydrogens (tertiary/aromatic N) is 1. The number of methoxy groups -OCH3 is 1. The molecule has 2 fully saturated rings. The molecule has 2 aliphatic rings. The predicted molar refractivity (Wildman–Crippen MR) is 183 cm³/mol. The number of ether oxygens (including phenoxy) is 3. The predicted octanol–water partition coefficient (Wildman–Crippen LogP) is 4.66. The van der Waals surface area contributed by atoms with Crippen molar-refractivity contribution in [2.75, 3.05) is 27.4 Å². The fourth-order valence-corrected chi connectivity index (χ4v) is 3.85. The maximum atomic E-state index is 11.8. The molecule has 1 aliphatic heterocycles. The van der Waals surface area contributed by atoms with Crippen LogP contribution in [0.2, 0.25) is 0 Å². The topological polar surface area (TPSA) is 241 Å². The molecule has 2 atom stereocenters. The van der Waals surface area contributed by atoms with Crippen molar-refractivity contribution in [1.29, 1.82) is 10.7 Å². The van der Waals surface area contributed by atoms with E-state index in [0.29, 0.717) is 18.9 Å². The number of carbonyl (C=O) groups excluding carboxylic acids is 3. The molecule has 0 bridgehead atoms. The third kappa shape index (κ3) is 33.4. The third-order valence-corrected chi connectivity index (χ3v) is 6.03. The number of esters is 2. The summed E-state index contributed by atoms with van der Waals surface area (Å²) in [6.07, 6.45) is 13.6. The van der Waals surface area contributed by atoms with E-state index in [2.05, 4.69) is 61.0 Å². The standard InChI is InChI=1S/C21H33NO3.C4H10.C3H7NO2.C2H3N.CH4N2.CH3NO.CH4O/c1-2-3-4-5-9-17-10-12-19(22-17)20-13-11-18(25-20)15-24-21(23)14-16-7-6-8-16;1-4(2)3;1-6-3(5)2-4;1-2-3;2*2-1-3;1-2/h10,12,16,18,20,22H,2-9,11,13-15H2,1H3;4H,1-3H3;2,4H2,1H3;1H3;1H,(H3,2,3);1H,(H2,2,3);2H,1H3. The monoisotopic (exact) mass is 656 g/mol. The first kappa shape index (κ1) is 49.4. The average molecular weight is 657 g/mol. The van der Waals surface area contributed by atoms with Gasteiger partial charge in [-0.15, -0.1) is 0 Å². The van der Waals surface area contributed by atoms with Crippen molar-refractivity contribution in [2.24, 2.45) is 29.0 Å². The number of aliphatic hydroxyl groups is 1. The molecule has 9 N–H and O–H groups in total. The minimum atomic E-state index is -0.380. The van der Waals surface area contributed by atoms with Crippen LogP contribution in [0.1, 0.15) is 116 Å². The van der Waals surface area contributed by atoms with Gasteiger partial charge in [0.15, 0.2) is 0 Å². The van der Waals surface area contributed by atoms with E-state index in [1.54, 1.807) is 6.07 Å². The van der Waals surface area contributed by atoms with Gasteiger partial charge in [0.1, 0.15) is 6.61 Å². The lowest BCUT2D eigenvalue weighted by atomic mass is 9.83. The van der Waals surface area contributed by atoms with Crippen molar-refractivity contribution in [3.63, 3.8) is 0 Å². The average Bonchev–Trinajstić information content (AvgIpc) is 3.68. The summed E-state index contributed by atoms with van der Waals surface area (Å²) >= 11 is 0. The van der Waals surface area contributed by atoms with E-state index in [0.717, 1.165) is 38.6 Å². The van der Waals surface area contributed by atoms with Gasteiger partial charge in [-0.1, -0.05) is 53.4 Å². The maximum absolute atomic E-state index is 11.8. The van der Waals surface area contributed by atoms with Crippen LogP contribution in [0.15, 0.2) is 12.1 Å². The van der Waals surface area contributed by atoms with Crippen LogP contribution in [0.5, 0.6) is 0 Å². The van der Waals surface area contributed by atoms with E-state index >= 15 is 0 Å². The molecule has 268 valence electrons. The van der Waals surface area contributed by atoms with Crippen LogP contribution in [0.3, 0.4) is 0 Å². The summed E-state index contributed by atoms with van der Waals surface area (Å²) in [7, 11) is 2.30. The van der Waals surface area contributed by atoms with Gasteiger partial charge in [0.2, 0.25) is 6.41 Å². The van der Waals surface area contributed by atoms with Gasteiger partial charge in [-0.25, -0.2) is 0 Å². The van der Waals surface area contributed by atoms with Crippen LogP contribution in [0.25, 0.3) is 0 Å². The molecule has 1 amide bonds. The highest BCUT2D eigenvalue weighted by Crippen LogP contribution is 2.33. The van der Waals surface area contributed by atoms with Crippen molar-refractivity contribution in [2.45, 2.75) is 117 Å². The first-order valence-electron chi connectivity index (χ1n) is 15.9. The number of aryl methyl sites for hydroxylation is 1. The molecule has 0 radical (unpaired) electrons. The van der Waals surface area contributed by atoms with Gasteiger partial charge in [-0.3, -0.25) is 19.8 Å². The molecule has 46 heavy (non-hydrogen) atoms. The Morgan fingerprint density at radius 2 is 1.67 bits per heavy atom. The molecule has 2 unspecified atom stereocenters. The zero-order valence-electron chi connectivity index (χ0n) is 29.4. The van der Waals surface area contributed by atoms with E-state index in [1.165, 1.54) is 70.4 Å². The number of carbonyl (C=O) groups is 3. The Labute approximate surface area is 277 Å². The molecule has 1 saturated carbocycles. The molecule has 0 spiro atoms. The minimum Gasteiger partial charge on any atom is -0.468 e. The molecule has 1 aliphatic carbocycles. The number of aliphatic hydroxyl groups excluding tert-OH is 1. The van der Waals surface area contributed by atoms with Crippen molar-refractivity contribution >= 4 is 24.7 Å². The fourth-order valence-electron chi connectivity index (χ4n) is 3.85. The highest BCUT2D eigenvalue weighted by Gasteiger charge is 2.29. The number of nitrogens with two attached hydrogens (primary N) is 3. The summed E-state index contributed by atoms with van der Waals surface area (Å²) in [6, 6.07) is 6.10. The molecular weight excluding hydrogens is 592 g/mol. The first-order chi connectivity index (χ1) is 22.0. The molecule has 2 heterocycles. The molecule has 0 aromatic carbocycles. The molecule has 3 rings (SSSR count). The second-order valence-corrected chi connectivity index (χ2v) is 10.8. The van der Waals surface area contributed by atoms with Gasteiger partial charge in [0.05, 0.1) is 38.3 Å². The van der Waals surface area contributed by atoms with Gasteiger partial charge in [-0.05, 0) is 62.5 Å². The van der Waals surface area contributed by atoms with Crippen molar-refractivity contribution in [1.82, 2.24) is 4.98 Å². The lowest BCUT2D eigenvalue weighted by Crippen LogP contribution is -2.22. The number of H-pyrrole nitrogens is 1. The normalized spacial score (nSPS) is 15.4. The Balaban J connectivity index is -0.000000345. The Hall–Kier alpha value is -3.47. The van der Waals surface area contributed by atoms with Crippen molar-refractivity contribution in [3.8, 4) is 6.07 Å². The number of hydrogen-bond acceptors (Lipinski definition) is 10. The van der Waals surface area contributed by atoms with Gasteiger partial charge in [-0.2, -0.15) is 5.26 Å². The number of nitriles is 1. The van der Waals surface area contributed by atoms with Crippen molar-refractivity contribution in [3.05, 3.63) is 23.5 Å². The minimum absolute atomic E-state index is 0.0312. The molecular formula is C33H64N6O7. The van der Waals surface area contributed by atoms with E-state index in [9.17, 15) is 9.59 Å². The maximum Gasteiger partial charge on any atom is 0.319 e. The largest absolute Gasteiger partial charge is 0.468 e. The number of aromatic nitrogens is 1. The third-order valence-electron chi connectivity index (χ3n) is 6.03. The van der Waals surface area contributed by atoms with Gasteiger partial charge in [0.25, 0.3) is 0 Å². The Morgan fingerprint density at radius 1 is 1.13 bits per heavy atom. The number of nitrogens with one attached hydrogen (secondary N) is 2. The van der Waals surface area contributed by atoms with E-state index < -0.39 is 0 Å². The SMILES string of the molecule is CC#N.CC(C)C.CCCCCCc1ccc(C2CCC(COC(=O)CC3CCC3)O2)[nH]1.CO.COC(=O)CN.N=CN.NC=O. The number of amides is 1. The summed E-state index contributed by atoms with van der Waals surface area (Å²) in [5.41, 5.74) is 15.8. The number of hydrogen-bond donors (Lipinski definition) is 6. The van der Waals surface area contributed by atoms with Crippen LogP contribution >= 0.6 is 0 Å². The van der Waals surface area contributed by atoms with Gasteiger partial charge < -0.3 is 41.5 Å². The van der Waals surface area contributed by atoms with Crippen molar-refractivity contribution < 1.29 is 33.7 Å². The molecule has 13 nitrogen and oxygen atoms in total. The zero-order valence-corrected chi connectivity index (χ0v) is 29.4. The Morgan fingerprint density at radius 3 is 2.09 bits per heavy atom. The van der Waals surface area contributed by atoms with Crippen LogP contribution in [0, 0.1) is 28.6 Å². The quantitative estimate of drug-likeness (QED) is 0.0632. The van der Waals surface area contributed by atoms with Crippen LogP contribution in [0.4, 0.5) is 0 Å². The second kappa shape index (κ2) is 37.7. The summed E-state index contributed by atoms with van der Waals surface area (Å²) < 4.78 is 15.7. The Kier molecular flexibility index (Phi) is 40.5. The number of unbranched alkanes of at least 4 members (excludes halogenated alkanes) is 3. The lowest BCUT2D eigenvalue weighted by molar-refractivity contribution is -0.149. The first-order valence-corrected chi connectivity index (χ1v) is 15.9. The summed E-state index contributed by atoms with van der Waals surface area (Å²) in [5.74, 6) is 0.973. The van der Waals surface area contributed by atoms with Crippen LogP contribution in [-0.4, -0.2) is 68.3 Å². The molecule has 1 saturated heterocycles. The second-order valence-electron chi connectivity index (χ2n) is 10.8. The van der Waals surface area contributed by atoms with Gasteiger partial charge in [0, 0.05) is 31.8 Å². The number of primary amides is 1. The van der Waals surface area contributed by atoms with E-state index in [1.807, 2.05) is 0 Å². The van der Waals surface area contributed by atoms with Crippen LogP contribution in [-0.2, 0) is 35.0 Å². The summed E-state index contributed by atoms with van der Waals surface area (Å²) in [6.45, 7) is 10.5. The van der Waals surface area contributed by atoms with Gasteiger partial charge >= 0.3 is 11.9 Å². The fraction of sp³-hybridized carbons (Fsp3) is 0.727. The molecule has 1 aromatic heterocycles. The van der Waals surface area contributed by atoms with E-state index in [4.69, 9.17) is 35.8 Å².